The Kier molecular flexibility index (Phi) is 17.6. The minimum Gasteiger partial charge on any atom is -0.777 e. The van der Waals surface area contributed by atoms with Crippen molar-refractivity contribution in [2.45, 2.75) is 0 Å². The molecule has 0 aromatic heterocycles. The van der Waals surface area contributed by atoms with Crippen molar-refractivity contribution in [3.8, 4) is 0 Å². The van der Waals surface area contributed by atoms with Gasteiger partial charge in [-0.2, -0.15) is 0 Å². The minimum atomic E-state index is -4.67. The van der Waals surface area contributed by atoms with Gasteiger partial charge >= 0.3 is 59.1 Å². The molecule has 0 aromatic carbocycles. The first-order valence-electron chi connectivity index (χ1n) is 3.04. The molecule has 0 aliphatic carbocycles. The minimum absolute atomic E-state index is 0. The summed E-state index contributed by atoms with van der Waals surface area (Å²) >= 11 is 0. The van der Waals surface area contributed by atoms with Crippen molar-refractivity contribution >= 4 is 19.5 Å². The van der Waals surface area contributed by atoms with Crippen molar-refractivity contribution in [1.29, 1.82) is 5.41 Å². The number of hydrogen-bond donors (Lipinski definition) is 3. The summed E-state index contributed by atoms with van der Waals surface area (Å²) in [5.74, 6) is -2.36. The second-order valence-corrected chi connectivity index (χ2v) is 3.79. The number of carboxylic acids is 1. The van der Waals surface area contributed by atoms with E-state index in [1.54, 1.807) is 0 Å². The Labute approximate surface area is 136 Å². The van der Waals surface area contributed by atoms with E-state index in [0.29, 0.717) is 4.90 Å². The second-order valence-electron chi connectivity index (χ2n) is 2.23. The number of aliphatic carboxylic acids is 1. The molecule has 84 valence electrons. The summed E-state index contributed by atoms with van der Waals surface area (Å²) in [6.45, 7) is -0.859. The van der Waals surface area contributed by atoms with Crippen molar-refractivity contribution in [3.05, 3.63) is 0 Å². The van der Waals surface area contributed by atoms with Crippen molar-refractivity contribution < 1.29 is 88.8 Å². The molecule has 6 N–H and O–H groups in total. The molecule has 12 heteroatoms. The zero-order chi connectivity index (χ0) is 10.6. The molecule has 0 saturated carbocycles. The van der Waals surface area contributed by atoms with Crippen LogP contribution in [0.25, 0.3) is 0 Å². The van der Waals surface area contributed by atoms with E-state index in [1.165, 1.54) is 0 Å². The molecule has 1 unspecified atom stereocenters. The van der Waals surface area contributed by atoms with Crippen LogP contribution in [0.3, 0.4) is 0 Å². The molecule has 1 atom stereocenters. The van der Waals surface area contributed by atoms with Gasteiger partial charge in [0.1, 0.15) is 0 Å². The number of rotatable bonds is 4. The first-order valence-corrected chi connectivity index (χ1v) is 4.80. The van der Waals surface area contributed by atoms with E-state index in [2.05, 4.69) is 0 Å². The van der Waals surface area contributed by atoms with Crippen molar-refractivity contribution in [2.75, 3.05) is 12.8 Å². The van der Waals surface area contributed by atoms with Crippen molar-refractivity contribution in [1.82, 2.24) is 4.90 Å². The summed E-state index contributed by atoms with van der Waals surface area (Å²) in [5.41, 5.74) is 4.84. The first-order chi connectivity index (χ1) is 5.72. The van der Waals surface area contributed by atoms with Crippen molar-refractivity contribution in [3.63, 3.8) is 0 Å². The Morgan fingerprint density at radius 2 is 1.88 bits per heavy atom. The van der Waals surface area contributed by atoms with Gasteiger partial charge in [0.25, 0.3) is 0 Å². The smallest absolute Gasteiger partial charge is 0.777 e. The van der Waals surface area contributed by atoms with Gasteiger partial charge in [-0.15, -0.1) is 0 Å². The third-order valence-corrected chi connectivity index (χ3v) is 1.71. The number of carbonyl (C=O) groups is 1. The van der Waals surface area contributed by atoms with Gasteiger partial charge in [-0.3, -0.25) is 5.41 Å². The Balaban J connectivity index is -0.000000240. The average molecular weight is 273 g/mol. The van der Waals surface area contributed by atoms with Gasteiger partial charge in [-0.05, 0) is 0 Å². The van der Waals surface area contributed by atoms with E-state index in [0.717, 1.165) is 0 Å². The maximum atomic E-state index is 10.3. The zero-order valence-corrected chi connectivity index (χ0v) is 13.9. The van der Waals surface area contributed by atoms with Crippen LogP contribution in [-0.4, -0.2) is 40.0 Å². The molecule has 0 bridgehead atoms. The molecule has 0 amide bonds. The van der Waals surface area contributed by atoms with Crippen LogP contribution in [0.5, 0.6) is 0 Å². The van der Waals surface area contributed by atoms with Gasteiger partial charge < -0.3 is 40.4 Å². The van der Waals surface area contributed by atoms with Crippen LogP contribution in [0.15, 0.2) is 0 Å². The van der Waals surface area contributed by atoms with E-state index in [9.17, 15) is 19.4 Å². The van der Waals surface area contributed by atoms with E-state index < -0.39 is 32.4 Å². The standard InChI is InChI=1S/C4H10N3O5P.2Na.H2O/c5-4(6)7(1-3(8)9)2-13(10,11)12;;;/h1-2H2,(H3,5,6)(H,8,9)(H2,10,11,12);;;1H2/q;2*+1;/p-2. The second kappa shape index (κ2) is 11.0. The number of carboxylic acid groups (broad SMARTS) is 1. The van der Waals surface area contributed by atoms with Gasteiger partial charge in [-0.25, -0.2) is 0 Å². The Bertz CT molecular complexity index is 270. The molecule has 0 aromatic rings. The van der Waals surface area contributed by atoms with Gasteiger partial charge in [0, 0.05) is 0 Å². The summed E-state index contributed by atoms with van der Waals surface area (Å²) in [4.78, 5) is 29.1. The molecule has 0 radical (unpaired) electrons. The third kappa shape index (κ3) is 14.9. The molecular formula is C4H10N3Na2O6P. The Hall–Kier alpha value is 0.850. The summed E-state index contributed by atoms with van der Waals surface area (Å²) in [5, 5.41) is 16.8. The van der Waals surface area contributed by atoms with Crippen molar-refractivity contribution in [2.24, 2.45) is 5.73 Å². The summed E-state index contributed by atoms with van der Waals surface area (Å²) < 4.78 is 10.3. The van der Waals surface area contributed by atoms with Gasteiger partial charge in [-0.1, -0.05) is 0 Å². The first kappa shape index (κ1) is 25.6. The largest absolute Gasteiger partial charge is 1.00 e. The molecule has 0 saturated heterocycles. The zero-order valence-electron chi connectivity index (χ0n) is 8.97. The summed E-state index contributed by atoms with van der Waals surface area (Å²) in [7, 11) is -4.67. The van der Waals surface area contributed by atoms with E-state index in [1.807, 2.05) is 0 Å². The topological polar surface area (TPSA) is 185 Å². The van der Waals surface area contributed by atoms with Gasteiger partial charge in [0.15, 0.2) is 13.6 Å². The number of hydrogen-bond acceptors (Lipinski definition) is 5. The molecule has 0 heterocycles. The van der Waals surface area contributed by atoms with Gasteiger partial charge in [0.05, 0.1) is 18.8 Å². The predicted molar refractivity (Wildman–Crippen MR) is 41.9 cm³/mol. The number of carbonyl (C=O) groups excluding carboxylic acids is 1. The molecule has 0 rings (SSSR count). The molecule has 9 nitrogen and oxygen atoms in total. The molecule has 0 fully saturated rings. The molecule has 0 spiro atoms. The third-order valence-electron chi connectivity index (χ3n) is 1.01. The summed E-state index contributed by atoms with van der Waals surface area (Å²) in [6.07, 6.45) is -1.02. The predicted octanol–water partition coefficient (Wildman–Crippen LogP) is -10.4. The Morgan fingerprint density at radius 1 is 1.50 bits per heavy atom. The molecule has 16 heavy (non-hydrogen) atoms. The van der Waals surface area contributed by atoms with Crippen LogP contribution in [0, 0.1) is 5.41 Å². The SMILES string of the molecule is N=C(N)N(CC(=O)[O-])CP(=O)([O-])O.O.[Na+].[Na+]. The fraction of sp³-hybridized carbons (Fsp3) is 0.500. The Morgan fingerprint density at radius 3 is 2.06 bits per heavy atom. The average Bonchev–Trinajstić information content (AvgIpc) is 1.81. The summed E-state index contributed by atoms with van der Waals surface area (Å²) in [6, 6.07) is 0. The molecule has 0 aliphatic heterocycles. The van der Waals surface area contributed by atoms with Crippen LogP contribution in [0.1, 0.15) is 0 Å². The van der Waals surface area contributed by atoms with Crippen LogP contribution in [0.4, 0.5) is 0 Å². The molecule has 0 aliphatic rings. The number of nitrogens with two attached hydrogens (primary N) is 1. The van der Waals surface area contributed by atoms with Crippen LogP contribution in [0.2, 0.25) is 0 Å². The van der Waals surface area contributed by atoms with Gasteiger partial charge in [0.2, 0.25) is 0 Å². The van der Waals surface area contributed by atoms with Crippen LogP contribution >= 0.6 is 7.60 Å². The maximum absolute atomic E-state index is 10.3. The van der Waals surface area contributed by atoms with Crippen LogP contribution < -0.4 is 74.8 Å². The monoisotopic (exact) mass is 273 g/mol. The fourth-order valence-electron chi connectivity index (χ4n) is 0.583. The van der Waals surface area contributed by atoms with E-state index in [-0.39, 0.29) is 64.6 Å². The van der Waals surface area contributed by atoms with E-state index >= 15 is 0 Å². The normalized spacial score (nSPS) is 11.9. The maximum Gasteiger partial charge on any atom is 1.00 e. The van der Waals surface area contributed by atoms with Crippen LogP contribution in [-0.2, 0) is 9.36 Å². The fourth-order valence-corrected chi connectivity index (χ4v) is 1.27. The quantitative estimate of drug-likeness (QED) is 0.196. The number of guanidine groups is 1. The number of nitrogens with zero attached hydrogens (tertiary/aromatic N) is 1. The van der Waals surface area contributed by atoms with E-state index in [4.69, 9.17) is 16.0 Å². The number of nitrogens with one attached hydrogen (secondary N) is 1. The molecular weight excluding hydrogens is 263 g/mol.